The summed E-state index contributed by atoms with van der Waals surface area (Å²) in [5, 5.41) is 1.14. The van der Waals surface area contributed by atoms with E-state index in [0.29, 0.717) is 10.5 Å². The van der Waals surface area contributed by atoms with Crippen LogP contribution in [0.15, 0.2) is 0 Å². The predicted molar refractivity (Wildman–Crippen MR) is 189 cm³/mol. The van der Waals surface area contributed by atoms with Gasteiger partial charge in [-0.2, -0.15) is 35.3 Å². The number of hydrogen-bond donors (Lipinski definition) is 4. The van der Waals surface area contributed by atoms with Crippen molar-refractivity contribution >= 4 is 133 Å². The highest BCUT2D eigenvalue weighted by Gasteiger charge is 2.53. The molecule has 4 nitrogen and oxygen atoms in total. The molecule has 0 aromatic rings. The summed E-state index contributed by atoms with van der Waals surface area (Å²) in [4.78, 5) is -0.448. The Bertz CT molecular complexity index is 772. The number of thioether (sulfide) groups is 7. The van der Waals surface area contributed by atoms with Gasteiger partial charge < -0.3 is 18.9 Å². The second-order valence-electron chi connectivity index (χ2n) is 9.79. The van der Waals surface area contributed by atoms with Crippen molar-refractivity contribution in [3.63, 3.8) is 0 Å². The van der Waals surface area contributed by atoms with E-state index in [1.165, 1.54) is 0 Å². The molecule has 4 saturated heterocycles. The van der Waals surface area contributed by atoms with Crippen LogP contribution in [0.4, 0.5) is 0 Å². The smallest absolute Gasteiger partial charge is 0.147 e. The largest absolute Gasteiger partial charge is 0.343 e. The highest BCUT2D eigenvalue weighted by Crippen LogP contribution is 2.51. The standard InChI is InChI=1S/C22H38O4S11/c1-19(15(27)23-19)34-7-5-31-9-13(11-36-21(3)17(29)25-21)33-10-14(12-37-22(4)18(30)26-22)32-6-8-35-20(2)16(28)24-20/h13-18,27-30H,5-12H2,1-4H3. The number of ether oxygens (including phenoxy) is 4. The van der Waals surface area contributed by atoms with Crippen LogP contribution in [0, 0.1) is 0 Å². The Morgan fingerprint density at radius 3 is 1.32 bits per heavy atom. The number of hydrogen-bond acceptors (Lipinski definition) is 15. The Balaban J connectivity index is 1.21. The minimum Gasteiger partial charge on any atom is -0.343 e. The fraction of sp³-hybridized carbons (Fsp3) is 1.00. The molecular formula is C22H38O4S11. The van der Waals surface area contributed by atoms with E-state index in [0.717, 1.165) is 46.0 Å². The van der Waals surface area contributed by atoms with Gasteiger partial charge in [0.25, 0.3) is 0 Å². The van der Waals surface area contributed by atoms with Crippen LogP contribution in [0.2, 0.25) is 0 Å². The third-order valence-corrected chi connectivity index (χ3v) is 20.0. The zero-order chi connectivity index (χ0) is 26.9. The van der Waals surface area contributed by atoms with Crippen LogP contribution in [0.3, 0.4) is 0 Å². The summed E-state index contributed by atoms with van der Waals surface area (Å²) in [6, 6.07) is 0. The maximum absolute atomic E-state index is 5.72. The lowest BCUT2D eigenvalue weighted by Gasteiger charge is -2.22. The van der Waals surface area contributed by atoms with Crippen LogP contribution >= 0.6 is 133 Å². The van der Waals surface area contributed by atoms with Crippen molar-refractivity contribution in [3.05, 3.63) is 0 Å². The minimum atomic E-state index is -0.133. The van der Waals surface area contributed by atoms with Crippen molar-refractivity contribution in [3.8, 4) is 0 Å². The van der Waals surface area contributed by atoms with Gasteiger partial charge in [0.05, 0.1) is 0 Å². The Morgan fingerprint density at radius 2 is 0.892 bits per heavy atom. The molecule has 0 aromatic carbocycles. The van der Waals surface area contributed by atoms with Gasteiger partial charge in [0.15, 0.2) is 0 Å². The van der Waals surface area contributed by atoms with Gasteiger partial charge in [0.2, 0.25) is 0 Å². The lowest BCUT2D eigenvalue weighted by Crippen LogP contribution is -2.21. The highest BCUT2D eigenvalue weighted by atomic mass is 32.2. The van der Waals surface area contributed by atoms with Crippen molar-refractivity contribution in [2.24, 2.45) is 0 Å². The topological polar surface area (TPSA) is 50.1 Å². The highest BCUT2D eigenvalue weighted by molar-refractivity contribution is 8.09. The van der Waals surface area contributed by atoms with Gasteiger partial charge in [0, 0.05) is 56.5 Å². The zero-order valence-corrected chi connectivity index (χ0v) is 30.7. The van der Waals surface area contributed by atoms with Crippen molar-refractivity contribution in [1.82, 2.24) is 0 Å². The molecule has 4 aliphatic rings. The van der Waals surface area contributed by atoms with E-state index >= 15 is 0 Å². The minimum absolute atomic E-state index is 0.0543. The second-order valence-corrected chi connectivity index (χ2v) is 21.4. The van der Waals surface area contributed by atoms with Crippen LogP contribution in [0.1, 0.15) is 27.7 Å². The van der Waals surface area contributed by atoms with Crippen LogP contribution in [-0.2, 0) is 18.9 Å². The van der Waals surface area contributed by atoms with E-state index in [2.05, 4.69) is 113 Å². The fourth-order valence-electron chi connectivity index (χ4n) is 3.20. The Morgan fingerprint density at radius 1 is 0.514 bits per heavy atom. The van der Waals surface area contributed by atoms with Gasteiger partial charge in [-0.05, 0) is 27.7 Å². The number of rotatable bonds is 20. The molecule has 4 heterocycles. The quantitative estimate of drug-likeness (QED) is 0.0607. The molecule has 216 valence electrons. The molecule has 0 spiro atoms. The molecule has 4 fully saturated rings. The third-order valence-electron chi connectivity index (χ3n) is 6.32. The number of thiol groups is 4. The second kappa shape index (κ2) is 14.2. The van der Waals surface area contributed by atoms with E-state index in [1.807, 2.05) is 47.0 Å². The normalized spacial score (nSPS) is 43.5. The van der Waals surface area contributed by atoms with Gasteiger partial charge in [-0.25, -0.2) is 0 Å². The third kappa shape index (κ3) is 10.4. The SMILES string of the molecule is CC1(SCCSCC(CSC2(C)OC2S)SCC(CSC2(C)OC2S)SCCSC2(C)OC2S)OC1S. The predicted octanol–water partition coefficient (Wildman–Crippen LogP) is 6.87. The summed E-state index contributed by atoms with van der Waals surface area (Å²) in [5.41, 5.74) is 0.270. The summed E-state index contributed by atoms with van der Waals surface area (Å²) in [5.74, 6) is 8.85. The molecule has 0 aromatic heterocycles. The first kappa shape index (κ1) is 33.6. The van der Waals surface area contributed by atoms with Gasteiger partial charge in [-0.1, -0.05) is 0 Å². The lowest BCUT2D eigenvalue weighted by atomic mass is 10.5. The molecule has 0 radical (unpaired) electrons. The Hall–Kier alpha value is 3.69. The van der Waals surface area contributed by atoms with Crippen LogP contribution in [0.25, 0.3) is 0 Å². The van der Waals surface area contributed by atoms with Crippen molar-refractivity contribution < 1.29 is 18.9 Å². The zero-order valence-electron chi connectivity index (χ0n) is 21.4. The van der Waals surface area contributed by atoms with Gasteiger partial charge >= 0.3 is 0 Å². The molecule has 37 heavy (non-hydrogen) atoms. The van der Waals surface area contributed by atoms with Crippen molar-refractivity contribution in [1.29, 1.82) is 0 Å². The lowest BCUT2D eigenvalue weighted by molar-refractivity contribution is 0.394. The molecule has 0 saturated carbocycles. The molecule has 10 atom stereocenters. The molecule has 10 unspecified atom stereocenters. The van der Waals surface area contributed by atoms with Gasteiger partial charge in [-0.15, -0.1) is 97.6 Å². The van der Waals surface area contributed by atoms with E-state index < -0.39 is 0 Å². The summed E-state index contributed by atoms with van der Waals surface area (Å²) in [7, 11) is 0. The van der Waals surface area contributed by atoms with Crippen molar-refractivity contribution in [2.75, 3.05) is 46.0 Å². The molecular weight excluding hydrogens is 681 g/mol. The maximum Gasteiger partial charge on any atom is 0.147 e. The first-order valence-corrected chi connectivity index (χ1v) is 21.4. The maximum atomic E-state index is 5.72. The first-order chi connectivity index (χ1) is 17.4. The molecule has 0 amide bonds. The van der Waals surface area contributed by atoms with E-state index in [-0.39, 0.29) is 41.5 Å². The molecule has 4 rings (SSSR count). The molecule has 0 N–H and O–H groups in total. The van der Waals surface area contributed by atoms with Crippen LogP contribution < -0.4 is 0 Å². The van der Waals surface area contributed by atoms with E-state index in [4.69, 9.17) is 18.9 Å². The Kier molecular flexibility index (Phi) is 12.9. The van der Waals surface area contributed by atoms with E-state index in [9.17, 15) is 0 Å². The molecule has 0 bridgehead atoms. The molecule has 0 aliphatic carbocycles. The summed E-state index contributed by atoms with van der Waals surface area (Å²) < 4.78 is 22.6. The number of epoxide rings is 4. The monoisotopic (exact) mass is 718 g/mol. The van der Waals surface area contributed by atoms with Gasteiger partial charge in [-0.3, -0.25) is 0 Å². The molecule has 4 aliphatic heterocycles. The fourth-order valence-corrected chi connectivity index (χ4v) is 14.3. The summed E-state index contributed by atoms with van der Waals surface area (Å²) in [6.07, 6.45) is 0. The summed E-state index contributed by atoms with van der Waals surface area (Å²) >= 11 is 31.7. The van der Waals surface area contributed by atoms with Crippen LogP contribution in [-0.4, -0.2) is 98.0 Å². The van der Waals surface area contributed by atoms with E-state index in [1.54, 1.807) is 0 Å². The average Bonchev–Trinajstić information content (AvgIpc) is 3.80. The molecule has 15 heteroatoms. The Labute approximate surface area is 274 Å². The van der Waals surface area contributed by atoms with Crippen LogP contribution in [0.5, 0.6) is 0 Å². The van der Waals surface area contributed by atoms with Gasteiger partial charge in [0.1, 0.15) is 41.5 Å². The van der Waals surface area contributed by atoms with Crippen molar-refractivity contribution in [2.45, 2.75) is 79.7 Å². The first-order valence-electron chi connectivity index (χ1n) is 12.2. The summed E-state index contributed by atoms with van der Waals surface area (Å²) in [6.45, 7) is 8.57. The average molecular weight is 719 g/mol.